The van der Waals surface area contributed by atoms with Crippen LogP contribution in [-0.4, -0.2) is 26.1 Å². The molecule has 6 heteroatoms. The topological polar surface area (TPSA) is 87.9 Å². The Labute approximate surface area is 226 Å². The summed E-state index contributed by atoms with van der Waals surface area (Å²) in [5.74, 6) is 6.65. The van der Waals surface area contributed by atoms with Crippen LogP contribution in [0.3, 0.4) is 0 Å². The minimum Gasteiger partial charge on any atom is -0.277 e. The number of hydrogen-bond acceptors (Lipinski definition) is 4. The van der Waals surface area contributed by atoms with Gasteiger partial charge in [0.2, 0.25) is 0 Å². The van der Waals surface area contributed by atoms with E-state index in [0.29, 0.717) is 5.56 Å². The highest BCUT2D eigenvalue weighted by molar-refractivity contribution is 6.02. The molecule has 0 fully saturated rings. The lowest BCUT2D eigenvalue weighted by Gasteiger charge is -2.42. The molecule has 0 bridgehead atoms. The zero-order valence-electron chi connectivity index (χ0n) is 21.5. The summed E-state index contributed by atoms with van der Waals surface area (Å²) in [4.78, 5) is 18.6. The van der Waals surface area contributed by atoms with E-state index < -0.39 is 5.54 Å². The molecule has 0 aliphatic rings. The summed E-state index contributed by atoms with van der Waals surface area (Å²) in [5, 5.41) is 9.82. The van der Waals surface area contributed by atoms with Crippen LogP contribution >= 0.6 is 0 Å². The zero-order valence-corrected chi connectivity index (χ0v) is 21.5. The molecule has 190 valence electrons. The smallest absolute Gasteiger partial charge is 0.269 e. The lowest BCUT2D eigenvalue weighted by Crippen LogP contribution is -2.55. The standard InChI is InChI=1S/C33H27N5O/c1-23-21-24(19-20-35-23)31-29-22-25(17-18-30(29)36-37-31)32(39)38(34)33(26-11-5-2-6-12-26,27-13-7-3-8-14-27)28-15-9-4-10-16-28/h2-22H,34H2,1H3,(H,36,37). The molecule has 0 atom stereocenters. The number of amides is 1. The molecule has 39 heavy (non-hydrogen) atoms. The van der Waals surface area contributed by atoms with Gasteiger partial charge in [0.15, 0.2) is 0 Å². The number of H-pyrrole nitrogens is 1. The van der Waals surface area contributed by atoms with Crippen molar-refractivity contribution in [2.75, 3.05) is 0 Å². The third-order valence-corrected chi connectivity index (χ3v) is 7.13. The van der Waals surface area contributed by atoms with Crippen LogP contribution in [0.15, 0.2) is 128 Å². The van der Waals surface area contributed by atoms with Crippen molar-refractivity contribution in [3.63, 3.8) is 0 Å². The first-order chi connectivity index (χ1) is 19.1. The van der Waals surface area contributed by atoms with E-state index in [9.17, 15) is 4.79 Å². The highest BCUT2D eigenvalue weighted by atomic mass is 16.2. The fraction of sp³-hybridized carbons (Fsp3) is 0.0606. The van der Waals surface area contributed by atoms with Crippen LogP contribution in [0.25, 0.3) is 22.2 Å². The van der Waals surface area contributed by atoms with Gasteiger partial charge in [-0.2, -0.15) is 5.10 Å². The summed E-state index contributed by atoms with van der Waals surface area (Å²) >= 11 is 0. The van der Waals surface area contributed by atoms with E-state index in [1.807, 2.05) is 122 Å². The van der Waals surface area contributed by atoms with Gasteiger partial charge in [0.1, 0.15) is 11.2 Å². The van der Waals surface area contributed by atoms with Crippen LogP contribution in [0.4, 0.5) is 0 Å². The van der Waals surface area contributed by atoms with Crippen molar-refractivity contribution in [3.05, 3.63) is 155 Å². The second-order valence-electron chi connectivity index (χ2n) is 9.50. The van der Waals surface area contributed by atoms with E-state index in [1.54, 1.807) is 12.3 Å². The van der Waals surface area contributed by atoms with Crippen molar-refractivity contribution in [2.24, 2.45) is 5.84 Å². The maximum atomic E-state index is 14.3. The molecular weight excluding hydrogens is 482 g/mol. The molecule has 6 rings (SSSR count). The Kier molecular flexibility index (Phi) is 6.23. The molecular formula is C33H27N5O. The maximum Gasteiger partial charge on any atom is 0.269 e. The molecule has 0 radical (unpaired) electrons. The fourth-order valence-electron chi connectivity index (χ4n) is 5.31. The third kappa shape index (κ3) is 4.17. The van der Waals surface area contributed by atoms with Crippen molar-refractivity contribution in [3.8, 4) is 11.3 Å². The molecule has 2 heterocycles. The maximum absolute atomic E-state index is 14.3. The zero-order chi connectivity index (χ0) is 26.8. The number of carbonyl (C=O) groups is 1. The molecule has 2 aromatic heterocycles. The lowest BCUT2D eigenvalue weighted by molar-refractivity contribution is 0.0613. The van der Waals surface area contributed by atoms with Gasteiger partial charge >= 0.3 is 0 Å². The highest BCUT2D eigenvalue weighted by Crippen LogP contribution is 2.41. The van der Waals surface area contributed by atoms with Gasteiger partial charge in [-0.15, -0.1) is 0 Å². The fourth-order valence-corrected chi connectivity index (χ4v) is 5.31. The van der Waals surface area contributed by atoms with Crippen LogP contribution in [0, 0.1) is 6.92 Å². The Bertz CT molecular complexity index is 1650. The van der Waals surface area contributed by atoms with Crippen LogP contribution in [0.5, 0.6) is 0 Å². The molecule has 0 saturated heterocycles. The van der Waals surface area contributed by atoms with Crippen molar-refractivity contribution < 1.29 is 4.79 Å². The number of hydrazine groups is 1. The normalized spacial score (nSPS) is 11.4. The molecule has 0 unspecified atom stereocenters. The van der Waals surface area contributed by atoms with Gasteiger partial charge in [-0.3, -0.25) is 19.9 Å². The SMILES string of the molecule is Cc1cc(-c2n[nH]c3ccc(C(=O)N(N)C(c4ccccc4)(c4ccccc4)c4ccccc4)cc23)ccn1. The Morgan fingerprint density at radius 1 is 0.769 bits per heavy atom. The van der Waals surface area contributed by atoms with Crippen LogP contribution in [0.2, 0.25) is 0 Å². The minimum absolute atomic E-state index is 0.313. The number of carbonyl (C=O) groups excluding carboxylic acids is 1. The Morgan fingerprint density at radius 3 is 1.87 bits per heavy atom. The van der Waals surface area contributed by atoms with E-state index in [0.717, 1.165) is 44.5 Å². The lowest BCUT2D eigenvalue weighted by atomic mass is 9.76. The van der Waals surface area contributed by atoms with Gasteiger partial charge in [0, 0.05) is 28.4 Å². The summed E-state index contributed by atoms with van der Waals surface area (Å²) in [7, 11) is 0. The predicted molar refractivity (Wildman–Crippen MR) is 154 cm³/mol. The molecule has 3 N–H and O–H groups in total. The quantitative estimate of drug-likeness (QED) is 0.120. The largest absolute Gasteiger partial charge is 0.277 e. The molecule has 0 spiro atoms. The first-order valence-corrected chi connectivity index (χ1v) is 12.8. The summed E-state index contributed by atoms with van der Waals surface area (Å²) in [6, 6.07) is 39.2. The molecule has 0 saturated carbocycles. The van der Waals surface area contributed by atoms with Gasteiger partial charge in [0.25, 0.3) is 5.91 Å². The number of fused-ring (bicyclic) bond motifs is 1. The van der Waals surface area contributed by atoms with Crippen LogP contribution in [-0.2, 0) is 5.54 Å². The number of rotatable bonds is 6. The number of nitrogens with one attached hydrogen (secondary N) is 1. The van der Waals surface area contributed by atoms with Crippen molar-refractivity contribution >= 4 is 16.8 Å². The number of nitrogens with zero attached hydrogens (tertiary/aromatic N) is 3. The number of aromatic nitrogens is 3. The third-order valence-electron chi connectivity index (χ3n) is 7.13. The van der Waals surface area contributed by atoms with Crippen molar-refractivity contribution in [1.82, 2.24) is 20.2 Å². The van der Waals surface area contributed by atoms with Crippen LogP contribution < -0.4 is 5.84 Å². The second kappa shape index (κ2) is 10.0. The highest BCUT2D eigenvalue weighted by Gasteiger charge is 2.44. The number of benzene rings is 4. The minimum atomic E-state index is -1.07. The molecule has 4 aromatic carbocycles. The van der Waals surface area contributed by atoms with Crippen LogP contribution in [0.1, 0.15) is 32.7 Å². The van der Waals surface area contributed by atoms with E-state index in [1.165, 1.54) is 5.01 Å². The summed E-state index contributed by atoms with van der Waals surface area (Å²) < 4.78 is 0. The molecule has 6 nitrogen and oxygen atoms in total. The van der Waals surface area contributed by atoms with Gasteiger partial charge in [0.05, 0.1) is 5.52 Å². The van der Waals surface area contributed by atoms with Crippen molar-refractivity contribution in [2.45, 2.75) is 12.5 Å². The van der Waals surface area contributed by atoms with E-state index in [4.69, 9.17) is 5.84 Å². The number of hydrogen-bond donors (Lipinski definition) is 2. The number of aryl methyl sites for hydroxylation is 1. The molecule has 6 aromatic rings. The van der Waals surface area contributed by atoms with Gasteiger partial charge < -0.3 is 0 Å². The van der Waals surface area contributed by atoms with E-state index in [2.05, 4.69) is 15.2 Å². The van der Waals surface area contributed by atoms with Gasteiger partial charge in [-0.05, 0) is 53.9 Å². The molecule has 0 aliphatic carbocycles. The number of aromatic amines is 1. The van der Waals surface area contributed by atoms with Crippen molar-refractivity contribution in [1.29, 1.82) is 0 Å². The Morgan fingerprint density at radius 2 is 1.33 bits per heavy atom. The predicted octanol–water partition coefficient (Wildman–Crippen LogP) is 6.24. The Hall–Kier alpha value is -5.07. The number of pyridine rings is 1. The van der Waals surface area contributed by atoms with E-state index in [-0.39, 0.29) is 5.91 Å². The summed E-state index contributed by atoms with van der Waals surface area (Å²) in [6.45, 7) is 1.94. The average molecular weight is 510 g/mol. The Balaban J connectivity index is 1.53. The summed E-state index contributed by atoms with van der Waals surface area (Å²) in [6.07, 6.45) is 1.76. The monoisotopic (exact) mass is 509 g/mol. The first kappa shape index (κ1) is 24.3. The second-order valence-corrected chi connectivity index (χ2v) is 9.50. The number of nitrogens with two attached hydrogens (primary N) is 1. The van der Waals surface area contributed by atoms with E-state index >= 15 is 0 Å². The van der Waals surface area contributed by atoms with Gasteiger partial charge in [-0.25, -0.2) is 5.84 Å². The molecule has 0 aliphatic heterocycles. The summed E-state index contributed by atoms with van der Waals surface area (Å²) in [5.41, 5.74) is 5.45. The molecule has 1 amide bonds. The first-order valence-electron chi connectivity index (χ1n) is 12.8. The van der Waals surface area contributed by atoms with Gasteiger partial charge in [-0.1, -0.05) is 91.0 Å². The average Bonchev–Trinajstić information content (AvgIpc) is 3.42.